The molecule has 1 aromatic carbocycles. The smallest absolute Gasteiger partial charge is 0.261 e. The Balaban J connectivity index is 1.94. The van der Waals surface area contributed by atoms with Gasteiger partial charge in [0.25, 0.3) is 17.6 Å². The number of benzene rings is 1. The highest BCUT2D eigenvalue weighted by Gasteiger charge is 2.14. The molecule has 6 nitrogen and oxygen atoms in total. The first kappa shape index (κ1) is 13.2. The summed E-state index contributed by atoms with van der Waals surface area (Å²) in [5.74, 6) is -0.719. The summed E-state index contributed by atoms with van der Waals surface area (Å²) in [6, 6.07) is 7.58. The molecule has 0 unspecified atom stereocenters. The van der Waals surface area contributed by atoms with Gasteiger partial charge in [-0.1, -0.05) is 12.1 Å². The number of rotatable bonds is 2. The number of amides is 1. The van der Waals surface area contributed by atoms with E-state index in [0.29, 0.717) is 5.78 Å². The predicted octanol–water partition coefficient (Wildman–Crippen LogP) is 2.13. The van der Waals surface area contributed by atoms with Gasteiger partial charge in [-0.3, -0.25) is 10.1 Å². The SMILES string of the molecule is Cc1cc(C)n2nc(NC(=O)c3ccccc3F)nc2n1. The largest absolute Gasteiger partial charge is 0.289 e. The van der Waals surface area contributed by atoms with Crippen molar-refractivity contribution in [1.29, 1.82) is 0 Å². The molecule has 21 heavy (non-hydrogen) atoms. The third-order valence-corrected chi connectivity index (χ3v) is 2.96. The van der Waals surface area contributed by atoms with E-state index >= 15 is 0 Å². The van der Waals surface area contributed by atoms with Crippen molar-refractivity contribution in [2.45, 2.75) is 13.8 Å². The molecule has 0 aliphatic carbocycles. The summed E-state index contributed by atoms with van der Waals surface area (Å²) in [6.07, 6.45) is 0. The van der Waals surface area contributed by atoms with Crippen LogP contribution in [-0.2, 0) is 0 Å². The first-order valence-corrected chi connectivity index (χ1v) is 6.31. The van der Waals surface area contributed by atoms with Crippen LogP contribution in [0.3, 0.4) is 0 Å². The quantitative estimate of drug-likeness (QED) is 0.783. The van der Waals surface area contributed by atoms with E-state index in [1.807, 2.05) is 19.9 Å². The Morgan fingerprint density at radius 1 is 1.24 bits per heavy atom. The van der Waals surface area contributed by atoms with Crippen LogP contribution in [0, 0.1) is 19.7 Å². The maximum atomic E-state index is 13.5. The number of hydrogen-bond acceptors (Lipinski definition) is 4. The van der Waals surface area contributed by atoms with E-state index in [9.17, 15) is 9.18 Å². The third kappa shape index (κ3) is 2.45. The van der Waals surface area contributed by atoms with E-state index in [4.69, 9.17) is 0 Å². The summed E-state index contributed by atoms with van der Waals surface area (Å²) in [5.41, 5.74) is 1.59. The molecule has 0 fully saturated rings. The molecule has 0 bridgehead atoms. The Labute approximate surface area is 119 Å². The molecule has 0 saturated carbocycles. The van der Waals surface area contributed by atoms with Crippen molar-refractivity contribution in [3.8, 4) is 0 Å². The number of carbonyl (C=O) groups is 1. The molecular formula is C14H12FN5O. The minimum atomic E-state index is -0.599. The van der Waals surface area contributed by atoms with Crippen LogP contribution in [-0.4, -0.2) is 25.5 Å². The lowest BCUT2D eigenvalue weighted by Crippen LogP contribution is -2.14. The van der Waals surface area contributed by atoms with Gasteiger partial charge in [-0.25, -0.2) is 9.37 Å². The van der Waals surface area contributed by atoms with Crippen molar-refractivity contribution in [3.05, 3.63) is 53.1 Å². The van der Waals surface area contributed by atoms with E-state index in [-0.39, 0.29) is 11.5 Å². The molecule has 0 spiro atoms. The van der Waals surface area contributed by atoms with Crippen LogP contribution in [0.25, 0.3) is 5.78 Å². The van der Waals surface area contributed by atoms with Crippen molar-refractivity contribution in [2.24, 2.45) is 0 Å². The normalized spacial score (nSPS) is 10.8. The van der Waals surface area contributed by atoms with Gasteiger partial charge in [-0.05, 0) is 32.0 Å². The minimum absolute atomic E-state index is 0.0581. The summed E-state index contributed by atoms with van der Waals surface area (Å²) < 4.78 is 15.1. The molecule has 2 heterocycles. The maximum absolute atomic E-state index is 13.5. The second kappa shape index (κ2) is 4.93. The molecule has 0 saturated heterocycles. The molecule has 0 atom stereocenters. The number of hydrogen-bond donors (Lipinski definition) is 1. The number of anilines is 1. The maximum Gasteiger partial charge on any atom is 0.261 e. The van der Waals surface area contributed by atoms with Gasteiger partial charge in [0, 0.05) is 11.4 Å². The molecular weight excluding hydrogens is 273 g/mol. The summed E-state index contributed by atoms with van der Waals surface area (Å²) in [7, 11) is 0. The van der Waals surface area contributed by atoms with Crippen LogP contribution >= 0.6 is 0 Å². The highest BCUT2D eigenvalue weighted by molar-refractivity contribution is 6.03. The monoisotopic (exact) mass is 285 g/mol. The van der Waals surface area contributed by atoms with Crippen LogP contribution in [0.15, 0.2) is 30.3 Å². The Bertz CT molecular complexity index is 842. The zero-order valence-electron chi connectivity index (χ0n) is 11.5. The average Bonchev–Trinajstić information content (AvgIpc) is 2.81. The molecule has 0 radical (unpaired) electrons. The minimum Gasteiger partial charge on any atom is -0.289 e. The molecule has 0 aliphatic rings. The number of carbonyl (C=O) groups excluding carboxylic acids is 1. The van der Waals surface area contributed by atoms with Gasteiger partial charge >= 0.3 is 0 Å². The third-order valence-electron chi connectivity index (χ3n) is 2.96. The molecule has 106 valence electrons. The molecule has 0 aliphatic heterocycles. The lowest BCUT2D eigenvalue weighted by molar-refractivity contribution is 0.102. The van der Waals surface area contributed by atoms with Crippen LogP contribution in [0.4, 0.5) is 10.3 Å². The molecule has 7 heteroatoms. The summed E-state index contributed by atoms with van der Waals surface area (Å²) in [6.45, 7) is 3.71. The van der Waals surface area contributed by atoms with Crippen LogP contribution in [0.2, 0.25) is 0 Å². The number of halogens is 1. The topological polar surface area (TPSA) is 72.2 Å². The van der Waals surface area contributed by atoms with E-state index < -0.39 is 11.7 Å². The average molecular weight is 285 g/mol. The fourth-order valence-electron chi connectivity index (χ4n) is 2.03. The summed E-state index contributed by atoms with van der Waals surface area (Å²) in [5, 5.41) is 6.61. The summed E-state index contributed by atoms with van der Waals surface area (Å²) in [4.78, 5) is 20.3. The second-order valence-corrected chi connectivity index (χ2v) is 4.62. The Morgan fingerprint density at radius 3 is 2.76 bits per heavy atom. The number of nitrogens with zero attached hydrogens (tertiary/aromatic N) is 4. The first-order valence-electron chi connectivity index (χ1n) is 6.31. The molecule has 1 amide bonds. The van der Waals surface area contributed by atoms with Gasteiger partial charge in [0.1, 0.15) is 5.82 Å². The number of aryl methyl sites for hydroxylation is 2. The fourth-order valence-corrected chi connectivity index (χ4v) is 2.03. The van der Waals surface area contributed by atoms with Crippen LogP contribution < -0.4 is 5.32 Å². The zero-order chi connectivity index (χ0) is 15.0. The van der Waals surface area contributed by atoms with Gasteiger partial charge in [0.15, 0.2) is 0 Å². The van der Waals surface area contributed by atoms with Crippen LogP contribution in [0.5, 0.6) is 0 Å². The predicted molar refractivity (Wildman–Crippen MR) is 74.6 cm³/mol. The van der Waals surface area contributed by atoms with E-state index in [1.54, 1.807) is 6.07 Å². The zero-order valence-corrected chi connectivity index (χ0v) is 11.5. The van der Waals surface area contributed by atoms with Crippen molar-refractivity contribution in [2.75, 3.05) is 5.32 Å². The van der Waals surface area contributed by atoms with Crippen molar-refractivity contribution < 1.29 is 9.18 Å². The van der Waals surface area contributed by atoms with Gasteiger partial charge in [0.05, 0.1) is 5.56 Å². The molecule has 3 aromatic rings. The van der Waals surface area contributed by atoms with Crippen molar-refractivity contribution in [3.63, 3.8) is 0 Å². The van der Waals surface area contributed by atoms with E-state index in [2.05, 4.69) is 20.4 Å². The first-order chi connectivity index (χ1) is 10.0. The Kier molecular flexibility index (Phi) is 3.09. The fraction of sp³-hybridized carbons (Fsp3) is 0.143. The van der Waals surface area contributed by atoms with Gasteiger partial charge in [0.2, 0.25) is 0 Å². The van der Waals surface area contributed by atoms with Crippen LogP contribution in [0.1, 0.15) is 21.7 Å². The highest BCUT2D eigenvalue weighted by atomic mass is 19.1. The van der Waals surface area contributed by atoms with Gasteiger partial charge < -0.3 is 0 Å². The molecule has 2 aromatic heterocycles. The van der Waals surface area contributed by atoms with Gasteiger partial charge in [-0.2, -0.15) is 9.50 Å². The number of nitrogens with one attached hydrogen (secondary N) is 1. The lowest BCUT2D eigenvalue weighted by atomic mass is 10.2. The lowest BCUT2D eigenvalue weighted by Gasteiger charge is -2.01. The number of fused-ring (bicyclic) bond motifs is 1. The van der Waals surface area contributed by atoms with Gasteiger partial charge in [-0.15, -0.1) is 5.10 Å². The Hall–Kier alpha value is -2.83. The standard InChI is InChI=1S/C14H12FN5O/c1-8-7-9(2)20-14(16-8)18-13(19-20)17-12(21)10-5-3-4-6-11(10)15/h3-7H,1-2H3,(H,17,19,21). The summed E-state index contributed by atoms with van der Waals surface area (Å²) >= 11 is 0. The van der Waals surface area contributed by atoms with Crippen molar-refractivity contribution >= 4 is 17.6 Å². The molecule has 3 rings (SSSR count). The van der Waals surface area contributed by atoms with E-state index in [1.165, 1.54) is 22.7 Å². The molecule has 1 N–H and O–H groups in total. The second-order valence-electron chi connectivity index (χ2n) is 4.62. The van der Waals surface area contributed by atoms with E-state index in [0.717, 1.165) is 11.4 Å². The number of aromatic nitrogens is 4. The van der Waals surface area contributed by atoms with Crippen molar-refractivity contribution in [1.82, 2.24) is 19.6 Å². The highest BCUT2D eigenvalue weighted by Crippen LogP contribution is 2.11. The Morgan fingerprint density at radius 2 is 2.00 bits per heavy atom.